The fourth-order valence-electron chi connectivity index (χ4n) is 1.80. The molecule has 0 fully saturated rings. The number of nitrogens with one attached hydrogen (secondary N) is 1. The molecule has 1 N–H and O–H groups in total. The lowest BCUT2D eigenvalue weighted by atomic mass is 10.1. The molecule has 0 spiro atoms. The van der Waals surface area contributed by atoms with Crippen molar-refractivity contribution in [3.05, 3.63) is 54.4 Å². The maximum Gasteiger partial charge on any atom is 0.267 e. The number of hydrogen-bond acceptors (Lipinski definition) is 5. The second-order valence-electron chi connectivity index (χ2n) is 4.41. The molecule has 0 saturated carbocycles. The first-order chi connectivity index (χ1) is 11.1. The van der Waals surface area contributed by atoms with Crippen molar-refractivity contribution < 1.29 is 4.79 Å². The van der Waals surface area contributed by atoms with Gasteiger partial charge < -0.3 is 0 Å². The molecule has 0 bridgehead atoms. The molecule has 0 saturated heterocycles. The molecule has 0 aliphatic rings. The van der Waals surface area contributed by atoms with E-state index in [1.807, 2.05) is 17.5 Å². The van der Waals surface area contributed by atoms with Crippen LogP contribution in [0.5, 0.6) is 0 Å². The molecule has 1 amide bonds. The van der Waals surface area contributed by atoms with Gasteiger partial charge in [-0.25, -0.2) is 4.98 Å². The Hall–Kier alpha value is -1.53. The molecular formula is C15H7Br2N3OS2. The number of nitriles is 1. The molecule has 3 rings (SSSR count). The van der Waals surface area contributed by atoms with Crippen LogP contribution in [0, 0.1) is 11.3 Å². The van der Waals surface area contributed by atoms with Gasteiger partial charge in [0.25, 0.3) is 5.91 Å². The van der Waals surface area contributed by atoms with Crippen molar-refractivity contribution in [2.45, 2.75) is 0 Å². The average molecular weight is 469 g/mol. The van der Waals surface area contributed by atoms with Gasteiger partial charge in [0.2, 0.25) is 0 Å². The summed E-state index contributed by atoms with van der Waals surface area (Å²) in [5, 5.41) is 14.0. The zero-order valence-electron chi connectivity index (χ0n) is 11.3. The third-order valence-corrected chi connectivity index (χ3v) is 6.92. The van der Waals surface area contributed by atoms with Crippen LogP contribution in [0.15, 0.2) is 44.0 Å². The zero-order chi connectivity index (χ0) is 16.4. The van der Waals surface area contributed by atoms with Crippen LogP contribution in [0.3, 0.4) is 0 Å². The largest absolute Gasteiger partial charge is 0.297 e. The molecule has 0 unspecified atom stereocenters. The normalized spacial score (nSPS) is 10.3. The van der Waals surface area contributed by atoms with Crippen molar-refractivity contribution >= 4 is 65.6 Å². The summed E-state index contributed by atoms with van der Waals surface area (Å²) < 4.78 is 1.73. The lowest BCUT2D eigenvalue weighted by Gasteiger charge is -1.98. The molecule has 2 heterocycles. The topological polar surface area (TPSA) is 65.8 Å². The maximum atomic E-state index is 12.2. The third-order valence-electron chi connectivity index (χ3n) is 2.90. The van der Waals surface area contributed by atoms with E-state index in [0.717, 1.165) is 19.5 Å². The molecule has 4 nitrogen and oxygen atoms in total. The van der Waals surface area contributed by atoms with E-state index >= 15 is 0 Å². The number of anilines is 1. The van der Waals surface area contributed by atoms with Crippen LogP contribution < -0.4 is 5.32 Å². The molecule has 3 aromatic rings. The van der Waals surface area contributed by atoms with Gasteiger partial charge >= 0.3 is 0 Å². The van der Waals surface area contributed by atoms with Crippen molar-refractivity contribution in [1.82, 2.24) is 4.98 Å². The number of halogens is 2. The summed E-state index contributed by atoms with van der Waals surface area (Å²) in [7, 11) is 0. The van der Waals surface area contributed by atoms with Crippen LogP contribution in [-0.4, -0.2) is 10.9 Å². The third kappa shape index (κ3) is 3.70. The molecule has 1 aromatic carbocycles. The van der Waals surface area contributed by atoms with Crippen LogP contribution in [-0.2, 0) is 0 Å². The van der Waals surface area contributed by atoms with Gasteiger partial charge in [-0.15, -0.1) is 22.7 Å². The molecule has 0 atom stereocenters. The highest BCUT2D eigenvalue weighted by Crippen LogP contribution is 2.33. The summed E-state index contributed by atoms with van der Waals surface area (Å²) in [5.41, 5.74) is 2.28. The number of aromatic nitrogens is 1. The Bertz CT molecular complexity index is 890. The smallest absolute Gasteiger partial charge is 0.267 e. The Balaban J connectivity index is 1.76. The Morgan fingerprint density at radius 2 is 2.00 bits per heavy atom. The predicted octanol–water partition coefficient (Wildman–Crippen LogP) is 5.52. The minimum absolute atomic E-state index is 0.192. The summed E-state index contributed by atoms with van der Waals surface area (Å²) in [6, 6.07) is 11.0. The molecule has 114 valence electrons. The van der Waals surface area contributed by atoms with E-state index in [4.69, 9.17) is 5.26 Å². The molecule has 0 aliphatic carbocycles. The number of benzene rings is 1. The standard InChI is InChI=1S/C15H7Br2N3OS2/c16-10-5-12(23-13(10)17)14(21)20-15-19-11(7-22-15)9-3-1-8(6-18)2-4-9/h1-5,7H,(H,19,20,21). The van der Waals surface area contributed by atoms with Crippen LogP contribution >= 0.6 is 54.5 Å². The number of carbonyl (C=O) groups excluding carboxylic acids is 1. The SMILES string of the molecule is N#Cc1ccc(-c2csc(NC(=O)c3cc(Br)c(Br)s3)n2)cc1. The molecular weight excluding hydrogens is 462 g/mol. The van der Waals surface area contributed by atoms with E-state index in [-0.39, 0.29) is 5.91 Å². The van der Waals surface area contributed by atoms with Crippen molar-refractivity contribution in [3.63, 3.8) is 0 Å². The fourth-order valence-corrected chi connectivity index (χ4v) is 4.44. The van der Waals surface area contributed by atoms with Gasteiger partial charge in [-0.05, 0) is 50.1 Å². The van der Waals surface area contributed by atoms with Crippen molar-refractivity contribution in [3.8, 4) is 17.3 Å². The second-order valence-corrected chi connectivity index (χ2v) is 8.50. The number of thiophene rings is 1. The number of nitrogens with zero attached hydrogens (tertiary/aromatic N) is 2. The molecule has 0 radical (unpaired) electrons. The number of rotatable bonds is 3. The summed E-state index contributed by atoms with van der Waals surface area (Å²) in [5.74, 6) is -0.192. The first kappa shape index (κ1) is 16.3. The number of hydrogen-bond donors (Lipinski definition) is 1. The lowest BCUT2D eigenvalue weighted by molar-refractivity contribution is 0.103. The van der Waals surface area contributed by atoms with Gasteiger partial charge in [0.15, 0.2) is 5.13 Å². The summed E-state index contributed by atoms with van der Waals surface area (Å²) in [6.07, 6.45) is 0. The number of thiazole rings is 1. The van der Waals surface area contributed by atoms with Crippen molar-refractivity contribution in [1.29, 1.82) is 5.26 Å². The van der Waals surface area contributed by atoms with Gasteiger partial charge in [-0.2, -0.15) is 5.26 Å². The van der Waals surface area contributed by atoms with E-state index in [1.165, 1.54) is 22.7 Å². The monoisotopic (exact) mass is 467 g/mol. The van der Waals surface area contributed by atoms with Gasteiger partial charge in [-0.1, -0.05) is 12.1 Å². The summed E-state index contributed by atoms with van der Waals surface area (Å²) in [4.78, 5) is 17.2. The fraction of sp³-hybridized carbons (Fsp3) is 0. The van der Waals surface area contributed by atoms with Gasteiger partial charge in [0, 0.05) is 15.4 Å². The van der Waals surface area contributed by atoms with Gasteiger partial charge in [-0.3, -0.25) is 10.1 Å². The Morgan fingerprint density at radius 1 is 1.26 bits per heavy atom. The first-order valence-electron chi connectivity index (χ1n) is 6.29. The second kappa shape index (κ2) is 6.93. The molecule has 8 heteroatoms. The predicted molar refractivity (Wildman–Crippen MR) is 99.9 cm³/mol. The number of amides is 1. The minimum Gasteiger partial charge on any atom is -0.297 e. The Labute approximate surface area is 157 Å². The first-order valence-corrected chi connectivity index (χ1v) is 9.57. The van der Waals surface area contributed by atoms with E-state index in [9.17, 15) is 4.79 Å². The van der Waals surface area contributed by atoms with Crippen LogP contribution in [0.25, 0.3) is 11.3 Å². The molecule has 23 heavy (non-hydrogen) atoms. The molecule has 2 aromatic heterocycles. The van der Waals surface area contributed by atoms with Crippen LogP contribution in [0.1, 0.15) is 15.2 Å². The van der Waals surface area contributed by atoms with Gasteiger partial charge in [0.05, 0.1) is 26.0 Å². The lowest BCUT2D eigenvalue weighted by Crippen LogP contribution is -2.09. The Kier molecular flexibility index (Phi) is 4.92. The quantitative estimate of drug-likeness (QED) is 0.550. The summed E-state index contributed by atoms with van der Waals surface area (Å²) >= 11 is 9.45. The number of carbonyl (C=O) groups is 1. The zero-order valence-corrected chi connectivity index (χ0v) is 16.1. The minimum atomic E-state index is -0.192. The average Bonchev–Trinajstić information content (AvgIpc) is 3.15. The van der Waals surface area contributed by atoms with Crippen LogP contribution in [0.4, 0.5) is 5.13 Å². The van der Waals surface area contributed by atoms with E-state index < -0.39 is 0 Å². The van der Waals surface area contributed by atoms with Crippen molar-refractivity contribution in [2.24, 2.45) is 0 Å². The van der Waals surface area contributed by atoms with Crippen molar-refractivity contribution in [2.75, 3.05) is 5.32 Å². The highest BCUT2D eigenvalue weighted by atomic mass is 79.9. The summed E-state index contributed by atoms with van der Waals surface area (Å²) in [6.45, 7) is 0. The Morgan fingerprint density at radius 3 is 2.61 bits per heavy atom. The maximum absolute atomic E-state index is 12.2. The van der Waals surface area contributed by atoms with E-state index in [1.54, 1.807) is 18.2 Å². The highest BCUT2D eigenvalue weighted by molar-refractivity contribution is 9.13. The highest BCUT2D eigenvalue weighted by Gasteiger charge is 2.14. The van der Waals surface area contributed by atoms with Crippen LogP contribution in [0.2, 0.25) is 0 Å². The van der Waals surface area contributed by atoms with E-state index in [2.05, 4.69) is 48.2 Å². The molecule has 0 aliphatic heterocycles. The van der Waals surface area contributed by atoms with Gasteiger partial charge in [0.1, 0.15) is 0 Å². The van der Waals surface area contributed by atoms with E-state index in [0.29, 0.717) is 15.6 Å².